The molecule has 0 aliphatic carbocycles. The van der Waals surface area contributed by atoms with Gasteiger partial charge in [-0.25, -0.2) is 4.31 Å². The van der Waals surface area contributed by atoms with Crippen LogP contribution >= 0.6 is 11.9 Å². The summed E-state index contributed by atoms with van der Waals surface area (Å²) in [5.41, 5.74) is -4.13. The number of hydrogen-bond acceptors (Lipinski definition) is 2. The Morgan fingerprint density at radius 1 is 1.44 bits per heavy atom. The van der Waals surface area contributed by atoms with Crippen molar-refractivity contribution in [2.24, 2.45) is 0 Å². The SMILES string of the molecule is CCN(C)SC(F)(F)F. The molecule has 56 valence electrons. The van der Waals surface area contributed by atoms with Crippen LogP contribution in [-0.4, -0.2) is 23.4 Å². The van der Waals surface area contributed by atoms with Gasteiger partial charge in [0.25, 0.3) is 0 Å². The highest BCUT2D eigenvalue weighted by Crippen LogP contribution is 2.31. The molecule has 0 aliphatic heterocycles. The summed E-state index contributed by atoms with van der Waals surface area (Å²) >= 11 is -0.110. The van der Waals surface area contributed by atoms with E-state index in [4.69, 9.17) is 0 Å². The van der Waals surface area contributed by atoms with E-state index >= 15 is 0 Å². The average Bonchev–Trinajstić information content (AvgIpc) is 1.62. The zero-order valence-corrected chi connectivity index (χ0v) is 6.01. The lowest BCUT2D eigenvalue weighted by atomic mass is 10.8. The molecular weight excluding hydrogens is 151 g/mol. The highest BCUT2D eigenvalue weighted by molar-refractivity contribution is 7.97. The standard InChI is InChI=1S/C4H8F3NS/c1-3-8(2)9-4(5,6)7/h3H2,1-2H3. The molecule has 5 heteroatoms. The van der Waals surface area contributed by atoms with E-state index < -0.39 is 5.51 Å². The second-order valence-corrected chi connectivity index (χ2v) is 2.75. The molecule has 0 aliphatic rings. The Morgan fingerprint density at radius 3 is 2.00 bits per heavy atom. The van der Waals surface area contributed by atoms with Crippen LogP contribution in [-0.2, 0) is 0 Å². The van der Waals surface area contributed by atoms with E-state index in [9.17, 15) is 13.2 Å². The van der Waals surface area contributed by atoms with Crippen molar-refractivity contribution in [1.82, 2.24) is 4.31 Å². The molecule has 0 aromatic carbocycles. The van der Waals surface area contributed by atoms with Gasteiger partial charge < -0.3 is 0 Å². The molecule has 0 rings (SSSR count). The topological polar surface area (TPSA) is 3.24 Å². The molecule has 0 aromatic rings. The van der Waals surface area contributed by atoms with Crippen molar-refractivity contribution in [3.05, 3.63) is 0 Å². The zero-order chi connectivity index (χ0) is 7.49. The number of nitrogens with zero attached hydrogens (tertiary/aromatic N) is 1. The molecule has 0 bridgehead atoms. The maximum absolute atomic E-state index is 11.4. The monoisotopic (exact) mass is 159 g/mol. The average molecular weight is 159 g/mol. The minimum absolute atomic E-state index is 0.110. The van der Waals surface area contributed by atoms with Crippen LogP contribution < -0.4 is 0 Å². The molecule has 0 saturated heterocycles. The fourth-order valence-electron chi connectivity index (χ4n) is 0.241. The van der Waals surface area contributed by atoms with E-state index in [1.165, 1.54) is 7.05 Å². The van der Waals surface area contributed by atoms with Gasteiger partial charge >= 0.3 is 5.51 Å². The summed E-state index contributed by atoms with van der Waals surface area (Å²) in [7, 11) is 1.40. The van der Waals surface area contributed by atoms with Gasteiger partial charge in [-0.3, -0.25) is 0 Å². The number of hydrogen-bond donors (Lipinski definition) is 0. The molecule has 0 spiro atoms. The molecule has 0 aromatic heterocycles. The molecular formula is C4H8F3NS. The van der Waals surface area contributed by atoms with E-state index in [0.29, 0.717) is 6.54 Å². The predicted molar refractivity (Wildman–Crippen MR) is 31.9 cm³/mol. The lowest BCUT2D eigenvalue weighted by molar-refractivity contribution is -0.0357. The molecule has 0 atom stereocenters. The summed E-state index contributed by atoms with van der Waals surface area (Å²) in [5.74, 6) is 0. The van der Waals surface area contributed by atoms with Crippen LogP contribution in [0.4, 0.5) is 13.2 Å². The third kappa shape index (κ3) is 5.98. The number of rotatable bonds is 2. The minimum atomic E-state index is -4.13. The van der Waals surface area contributed by atoms with Crippen molar-refractivity contribution in [1.29, 1.82) is 0 Å². The fourth-order valence-corrected chi connectivity index (χ4v) is 0.724. The quantitative estimate of drug-likeness (QED) is 0.568. The van der Waals surface area contributed by atoms with Gasteiger partial charge in [0.1, 0.15) is 0 Å². The molecule has 9 heavy (non-hydrogen) atoms. The van der Waals surface area contributed by atoms with E-state index in [2.05, 4.69) is 0 Å². The highest BCUT2D eigenvalue weighted by atomic mass is 32.2. The second kappa shape index (κ2) is 3.31. The van der Waals surface area contributed by atoms with Gasteiger partial charge in [-0.05, 0) is 7.05 Å². The summed E-state index contributed by atoms with van der Waals surface area (Å²) in [6, 6.07) is 0. The van der Waals surface area contributed by atoms with Gasteiger partial charge in [0.15, 0.2) is 0 Å². The molecule has 1 nitrogen and oxygen atoms in total. The summed E-state index contributed by atoms with van der Waals surface area (Å²) < 4.78 is 35.4. The van der Waals surface area contributed by atoms with Gasteiger partial charge in [0, 0.05) is 18.5 Å². The number of halogens is 3. The van der Waals surface area contributed by atoms with Crippen molar-refractivity contribution in [3.63, 3.8) is 0 Å². The maximum Gasteiger partial charge on any atom is 0.456 e. The van der Waals surface area contributed by atoms with Crippen LogP contribution in [0.3, 0.4) is 0 Å². The van der Waals surface area contributed by atoms with E-state index in [-0.39, 0.29) is 11.9 Å². The number of alkyl halides is 3. The van der Waals surface area contributed by atoms with Crippen LogP contribution in [0.2, 0.25) is 0 Å². The Balaban J connectivity index is 3.47. The largest absolute Gasteiger partial charge is 0.456 e. The minimum Gasteiger partial charge on any atom is -0.247 e. The molecule has 0 radical (unpaired) electrons. The Morgan fingerprint density at radius 2 is 1.89 bits per heavy atom. The first-order valence-corrected chi connectivity index (χ1v) is 3.20. The van der Waals surface area contributed by atoms with Crippen LogP contribution in [0, 0.1) is 0 Å². The normalized spacial score (nSPS) is 12.7. The van der Waals surface area contributed by atoms with Crippen LogP contribution in [0.25, 0.3) is 0 Å². The summed E-state index contributed by atoms with van der Waals surface area (Å²) in [4.78, 5) is 0. The van der Waals surface area contributed by atoms with Crippen LogP contribution in [0.15, 0.2) is 0 Å². The molecule has 0 amide bonds. The molecule has 0 heterocycles. The third-order valence-electron chi connectivity index (χ3n) is 0.705. The highest BCUT2D eigenvalue weighted by Gasteiger charge is 2.30. The fraction of sp³-hybridized carbons (Fsp3) is 1.00. The van der Waals surface area contributed by atoms with Crippen molar-refractivity contribution in [3.8, 4) is 0 Å². The van der Waals surface area contributed by atoms with Gasteiger partial charge in [-0.2, -0.15) is 13.2 Å². The van der Waals surface area contributed by atoms with Gasteiger partial charge in [0.05, 0.1) is 0 Å². The van der Waals surface area contributed by atoms with E-state index in [0.717, 1.165) is 4.31 Å². The van der Waals surface area contributed by atoms with Crippen molar-refractivity contribution in [2.45, 2.75) is 12.4 Å². The van der Waals surface area contributed by atoms with Crippen molar-refractivity contribution >= 4 is 11.9 Å². The Kier molecular flexibility index (Phi) is 3.35. The summed E-state index contributed by atoms with van der Waals surface area (Å²) in [6.45, 7) is 2.06. The summed E-state index contributed by atoms with van der Waals surface area (Å²) in [5, 5.41) is 0. The Labute approximate surface area is 56.3 Å². The first-order chi connectivity index (χ1) is 3.95. The first-order valence-electron chi connectivity index (χ1n) is 2.42. The molecule has 0 fully saturated rings. The molecule has 0 unspecified atom stereocenters. The van der Waals surface area contributed by atoms with Crippen molar-refractivity contribution in [2.75, 3.05) is 13.6 Å². The maximum atomic E-state index is 11.4. The Hall–Kier alpha value is 0.100. The smallest absolute Gasteiger partial charge is 0.247 e. The second-order valence-electron chi connectivity index (χ2n) is 1.48. The lowest BCUT2D eigenvalue weighted by Gasteiger charge is -2.13. The Bertz CT molecular complexity index is 82.4. The molecule has 0 N–H and O–H groups in total. The van der Waals surface area contributed by atoms with Crippen LogP contribution in [0.5, 0.6) is 0 Å². The first kappa shape index (κ1) is 9.10. The van der Waals surface area contributed by atoms with Crippen LogP contribution in [0.1, 0.15) is 6.92 Å². The van der Waals surface area contributed by atoms with Crippen molar-refractivity contribution < 1.29 is 13.2 Å². The van der Waals surface area contributed by atoms with E-state index in [1.54, 1.807) is 6.92 Å². The zero-order valence-electron chi connectivity index (χ0n) is 5.20. The molecule has 0 saturated carbocycles. The van der Waals surface area contributed by atoms with E-state index in [1.807, 2.05) is 0 Å². The third-order valence-corrected chi connectivity index (χ3v) is 1.48. The van der Waals surface area contributed by atoms with Gasteiger partial charge in [-0.1, -0.05) is 6.92 Å². The lowest BCUT2D eigenvalue weighted by Crippen LogP contribution is -2.15. The van der Waals surface area contributed by atoms with Gasteiger partial charge in [0.2, 0.25) is 0 Å². The predicted octanol–water partition coefficient (Wildman–Crippen LogP) is 2.11. The van der Waals surface area contributed by atoms with Gasteiger partial charge in [-0.15, -0.1) is 0 Å². The summed E-state index contributed by atoms with van der Waals surface area (Å²) in [6.07, 6.45) is 0.